The van der Waals surface area contributed by atoms with Gasteiger partial charge in [-0.05, 0) is 42.3 Å². The molecule has 6 heteroatoms. The van der Waals surface area contributed by atoms with E-state index in [0.29, 0.717) is 10.8 Å². The molecular weight excluding hydrogens is 346 g/mol. The molecule has 0 aliphatic carbocycles. The molecule has 1 atom stereocenters. The molecule has 1 aliphatic heterocycles. The van der Waals surface area contributed by atoms with E-state index in [0.717, 1.165) is 28.4 Å². The third kappa shape index (κ3) is 4.36. The Morgan fingerprint density at radius 2 is 2.08 bits per heavy atom. The van der Waals surface area contributed by atoms with Crippen LogP contribution in [-0.4, -0.2) is 18.5 Å². The van der Waals surface area contributed by atoms with Gasteiger partial charge in [-0.25, -0.2) is 0 Å². The van der Waals surface area contributed by atoms with Crippen LogP contribution in [0.4, 0.5) is 0 Å². The van der Waals surface area contributed by atoms with Gasteiger partial charge < -0.3 is 14.8 Å². The number of hydrogen-bond acceptors (Lipinski definition) is 4. The lowest BCUT2D eigenvalue weighted by molar-refractivity contribution is -0.119. The van der Waals surface area contributed by atoms with Crippen molar-refractivity contribution in [3.05, 3.63) is 58.6 Å². The van der Waals surface area contributed by atoms with Crippen LogP contribution in [0, 0.1) is 0 Å². The van der Waals surface area contributed by atoms with Crippen LogP contribution in [-0.2, 0) is 10.5 Å². The molecular formula is C18H18ClNO3S. The molecule has 0 fully saturated rings. The Hall–Kier alpha value is -1.85. The molecule has 4 nitrogen and oxygen atoms in total. The van der Waals surface area contributed by atoms with E-state index in [1.165, 1.54) is 0 Å². The molecule has 0 aromatic heterocycles. The first kappa shape index (κ1) is 17.0. The highest BCUT2D eigenvalue weighted by Gasteiger charge is 2.14. The Bertz CT molecular complexity index is 738. The molecule has 0 spiro atoms. The highest BCUT2D eigenvalue weighted by atomic mass is 35.5. The number of thioether (sulfide) groups is 1. The standard InChI is InChI=1S/C18H18ClNO3S/c1-12(14-3-2-4-15(19)8-14)20-18(21)10-24-9-13-5-6-16-17(7-13)23-11-22-16/h2-8,12H,9-11H2,1H3,(H,20,21)/t12-/m0/s1. The van der Waals surface area contributed by atoms with Crippen LogP contribution in [0.1, 0.15) is 24.1 Å². The summed E-state index contributed by atoms with van der Waals surface area (Å²) in [6.07, 6.45) is 0. The number of ether oxygens (including phenoxy) is 2. The van der Waals surface area contributed by atoms with Crippen molar-refractivity contribution < 1.29 is 14.3 Å². The number of carbonyl (C=O) groups is 1. The molecule has 0 saturated carbocycles. The molecule has 1 heterocycles. The van der Waals surface area contributed by atoms with E-state index >= 15 is 0 Å². The molecule has 1 amide bonds. The minimum absolute atomic E-state index is 0.00761. The van der Waals surface area contributed by atoms with E-state index in [2.05, 4.69) is 5.32 Å². The third-order valence-corrected chi connectivity index (χ3v) is 4.90. The largest absolute Gasteiger partial charge is 0.454 e. The zero-order valence-corrected chi connectivity index (χ0v) is 14.8. The van der Waals surface area contributed by atoms with Crippen molar-refractivity contribution in [1.82, 2.24) is 5.32 Å². The first-order valence-corrected chi connectivity index (χ1v) is 9.16. The molecule has 2 aromatic rings. The average Bonchev–Trinajstić information content (AvgIpc) is 3.02. The summed E-state index contributed by atoms with van der Waals surface area (Å²) in [5.74, 6) is 2.70. The van der Waals surface area contributed by atoms with Crippen LogP contribution in [0.15, 0.2) is 42.5 Å². The van der Waals surface area contributed by atoms with Gasteiger partial charge in [-0.3, -0.25) is 4.79 Å². The van der Waals surface area contributed by atoms with Crippen LogP contribution >= 0.6 is 23.4 Å². The maximum absolute atomic E-state index is 12.1. The van der Waals surface area contributed by atoms with Gasteiger partial charge in [-0.1, -0.05) is 29.8 Å². The van der Waals surface area contributed by atoms with Gasteiger partial charge >= 0.3 is 0 Å². The van der Waals surface area contributed by atoms with E-state index in [4.69, 9.17) is 21.1 Å². The molecule has 0 unspecified atom stereocenters. The number of hydrogen-bond donors (Lipinski definition) is 1. The predicted molar refractivity (Wildman–Crippen MR) is 96.7 cm³/mol. The molecule has 24 heavy (non-hydrogen) atoms. The van der Waals surface area contributed by atoms with E-state index in [1.807, 2.05) is 49.4 Å². The SMILES string of the molecule is C[C@H](NC(=O)CSCc1ccc2c(c1)OCO2)c1cccc(Cl)c1. The first-order chi connectivity index (χ1) is 11.6. The van der Waals surface area contributed by atoms with Crippen molar-refractivity contribution in [2.45, 2.75) is 18.7 Å². The van der Waals surface area contributed by atoms with Gasteiger partial charge in [0.25, 0.3) is 0 Å². The number of carbonyl (C=O) groups excluding carboxylic acids is 1. The first-order valence-electron chi connectivity index (χ1n) is 7.63. The maximum atomic E-state index is 12.1. The maximum Gasteiger partial charge on any atom is 0.231 e. The fourth-order valence-corrected chi connectivity index (χ4v) is 3.42. The normalized spacial score (nSPS) is 13.6. The quantitative estimate of drug-likeness (QED) is 0.836. The van der Waals surface area contributed by atoms with Gasteiger partial charge in [0, 0.05) is 10.8 Å². The lowest BCUT2D eigenvalue weighted by Gasteiger charge is -2.14. The fourth-order valence-electron chi connectivity index (χ4n) is 2.43. The summed E-state index contributed by atoms with van der Waals surface area (Å²) in [6, 6.07) is 13.3. The van der Waals surface area contributed by atoms with Crippen molar-refractivity contribution in [3.8, 4) is 11.5 Å². The molecule has 0 saturated heterocycles. The summed E-state index contributed by atoms with van der Waals surface area (Å²) in [7, 11) is 0. The van der Waals surface area contributed by atoms with Crippen LogP contribution in [0.2, 0.25) is 5.02 Å². The highest BCUT2D eigenvalue weighted by Crippen LogP contribution is 2.33. The zero-order valence-electron chi connectivity index (χ0n) is 13.3. The summed E-state index contributed by atoms with van der Waals surface area (Å²) in [5.41, 5.74) is 2.11. The lowest BCUT2D eigenvalue weighted by atomic mass is 10.1. The molecule has 126 valence electrons. The van der Waals surface area contributed by atoms with E-state index in [-0.39, 0.29) is 18.7 Å². The topological polar surface area (TPSA) is 47.6 Å². The van der Waals surface area contributed by atoms with Gasteiger partial charge in [-0.15, -0.1) is 11.8 Å². The number of nitrogens with one attached hydrogen (secondary N) is 1. The third-order valence-electron chi connectivity index (χ3n) is 3.67. The summed E-state index contributed by atoms with van der Waals surface area (Å²) < 4.78 is 10.6. The molecule has 3 rings (SSSR count). The van der Waals surface area contributed by atoms with E-state index < -0.39 is 0 Å². The number of fused-ring (bicyclic) bond motifs is 1. The van der Waals surface area contributed by atoms with Crippen LogP contribution in [0.5, 0.6) is 11.5 Å². The number of halogens is 1. The summed E-state index contributed by atoms with van der Waals surface area (Å²) in [5, 5.41) is 3.66. The zero-order chi connectivity index (χ0) is 16.9. The number of benzene rings is 2. The van der Waals surface area contributed by atoms with Gasteiger partial charge in [-0.2, -0.15) is 0 Å². The van der Waals surface area contributed by atoms with Crippen molar-refractivity contribution in [2.75, 3.05) is 12.5 Å². The predicted octanol–water partition coefficient (Wildman–Crippen LogP) is 4.18. The minimum atomic E-state index is -0.0673. The van der Waals surface area contributed by atoms with Crippen molar-refractivity contribution in [1.29, 1.82) is 0 Å². The Balaban J connectivity index is 1.45. The van der Waals surface area contributed by atoms with Gasteiger partial charge in [0.2, 0.25) is 12.7 Å². The Morgan fingerprint density at radius 3 is 2.92 bits per heavy atom. The Kier molecular flexibility index (Phi) is 5.53. The smallest absolute Gasteiger partial charge is 0.231 e. The van der Waals surface area contributed by atoms with Gasteiger partial charge in [0.15, 0.2) is 11.5 Å². The van der Waals surface area contributed by atoms with Gasteiger partial charge in [0.05, 0.1) is 11.8 Å². The van der Waals surface area contributed by atoms with Crippen LogP contribution < -0.4 is 14.8 Å². The number of rotatable bonds is 6. The van der Waals surface area contributed by atoms with Crippen LogP contribution in [0.25, 0.3) is 0 Å². The summed E-state index contributed by atoms with van der Waals surface area (Å²) in [4.78, 5) is 12.1. The van der Waals surface area contributed by atoms with Gasteiger partial charge in [0.1, 0.15) is 0 Å². The molecule has 2 aromatic carbocycles. The second-order valence-corrected chi connectivity index (χ2v) is 6.95. The van der Waals surface area contributed by atoms with Crippen molar-refractivity contribution in [3.63, 3.8) is 0 Å². The summed E-state index contributed by atoms with van der Waals surface area (Å²) in [6.45, 7) is 2.22. The molecule has 0 bridgehead atoms. The Morgan fingerprint density at radius 1 is 1.25 bits per heavy atom. The second-order valence-electron chi connectivity index (χ2n) is 5.52. The molecule has 0 radical (unpaired) electrons. The highest BCUT2D eigenvalue weighted by molar-refractivity contribution is 7.99. The molecule has 1 N–H and O–H groups in total. The molecule has 1 aliphatic rings. The second kappa shape index (κ2) is 7.81. The van der Waals surface area contributed by atoms with Crippen LogP contribution in [0.3, 0.4) is 0 Å². The monoisotopic (exact) mass is 363 g/mol. The average molecular weight is 364 g/mol. The number of amides is 1. The summed E-state index contributed by atoms with van der Waals surface area (Å²) >= 11 is 7.55. The Labute approximate surface area is 150 Å². The van der Waals surface area contributed by atoms with Crippen molar-refractivity contribution >= 4 is 29.3 Å². The minimum Gasteiger partial charge on any atom is -0.454 e. The van der Waals surface area contributed by atoms with E-state index in [1.54, 1.807) is 11.8 Å². The fraction of sp³-hybridized carbons (Fsp3) is 0.278. The van der Waals surface area contributed by atoms with E-state index in [9.17, 15) is 4.79 Å². The lowest BCUT2D eigenvalue weighted by Crippen LogP contribution is -2.28. The van der Waals surface area contributed by atoms with Crippen molar-refractivity contribution in [2.24, 2.45) is 0 Å².